The van der Waals surface area contributed by atoms with Gasteiger partial charge in [0.1, 0.15) is 4.90 Å². The molecule has 2 rings (SSSR count). The van der Waals surface area contributed by atoms with E-state index in [0.717, 1.165) is 25.7 Å². The molecule has 3 N–H and O–H groups in total. The smallest absolute Gasteiger partial charge is 0.246 e. The fourth-order valence-corrected chi connectivity index (χ4v) is 4.66. The van der Waals surface area contributed by atoms with Crippen LogP contribution >= 0.6 is 0 Å². The molecule has 6 nitrogen and oxygen atoms in total. The van der Waals surface area contributed by atoms with Gasteiger partial charge in [0.2, 0.25) is 10.0 Å². The van der Waals surface area contributed by atoms with Gasteiger partial charge in [0, 0.05) is 18.8 Å². The van der Waals surface area contributed by atoms with Gasteiger partial charge >= 0.3 is 0 Å². The first kappa shape index (κ1) is 16.3. The topological polar surface area (TPSA) is 90.0 Å². The molecule has 120 valence electrons. The van der Waals surface area contributed by atoms with Crippen LogP contribution < -0.4 is 10.5 Å². The van der Waals surface area contributed by atoms with E-state index in [1.54, 1.807) is 4.68 Å². The number of aromatic nitrogens is 2. The maximum absolute atomic E-state index is 12.5. The second-order valence-electron chi connectivity index (χ2n) is 5.97. The molecule has 1 aliphatic rings. The second-order valence-corrected chi connectivity index (χ2v) is 7.66. The molecule has 0 spiro atoms. The molecule has 1 aromatic rings. The number of nitrogens with zero attached hydrogens (tertiary/aromatic N) is 2. The first-order chi connectivity index (χ1) is 9.89. The molecule has 1 heterocycles. The van der Waals surface area contributed by atoms with Gasteiger partial charge in [-0.1, -0.05) is 27.2 Å². The molecule has 0 aliphatic heterocycles. The van der Waals surface area contributed by atoms with E-state index in [1.165, 1.54) is 6.20 Å². The van der Waals surface area contributed by atoms with Gasteiger partial charge in [-0.2, -0.15) is 5.10 Å². The van der Waals surface area contributed by atoms with E-state index in [0.29, 0.717) is 18.4 Å². The summed E-state index contributed by atoms with van der Waals surface area (Å²) < 4.78 is 29.5. The minimum absolute atomic E-state index is 0.00567. The van der Waals surface area contributed by atoms with Gasteiger partial charge in [0.05, 0.1) is 0 Å². The molecule has 1 fully saturated rings. The lowest BCUT2D eigenvalue weighted by Gasteiger charge is -2.20. The average Bonchev–Trinajstić information content (AvgIpc) is 2.95. The molecule has 0 bridgehead atoms. The van der Waals surface area contributed by atoms with Crippen molar-refractivity contribution >= 4 is 15.8 Å². The van der Waals surface area contributed by atoms with Crippen molar-refractivity contribution in [1.82, 2.24) is 14.5 Å². The van der Waals surface area contributed by atoms with Gasteiger partial charge in [-0.3, -0.25) is 4.68 Å². The van der Waals surface area contributed by atoms with Gasteiger partial charge < -0.3 is 5.73 Å². The van der Waals surface area contributed by atoms with Crippen LogP contribution in [0.1, 0.15) is 46.5 Å². The van der Waals surface area contributed by atoms with Crippen LogP contribution in [0.5, 0.6) is 0 Å². The molecule has 1 aliphatic carbocycles. The summed E-state index contributed by atoms with van der Waals surface area (Å²) in [5.41, 5.74) is 5.77. The van der Waals surface area contributed by atoms with E-state index in [2.05, 4.69) is 23.7 Å². The van der Waals surface area contributed by atoms with Gasteiger partial charge in [-0.15, -0.1) is 0 Å². The average molecular weight is 314 g/mol. The number of aryl methyl sites for hydroxylation is 1. The lowest BCUT2D eigenvalue weighted by atomic mass is 9.94. The predicted molar refractivity (Wildman–Crippen MR) is 83.2 cm³/mol. The maximum Gasteiger partial charge on any atom is 0.246 e. The summed E-state index contributed by atoms with van der Waals surface area (Å²) in [5.74, 6) is 1.03. The van der Waals surface area contributed by atoms with E-state index >= 15 is 0 Å². The summed E-state index contributed by atoms with van der Waals surface area (Å²) in [6.45, 7) is 6.95. The van der Waals surface area contributed by atoms with Crippen LogP contribution in [0.2, 0.25) is 0 Å². The molecule has 21 heavy (non-hydrogen) atoms. The zero-order valence-electron chi connectivity index (χ0n) is 13.0. The summed E-state index contributed by atoms with van der Waals surface area (Å²) >= 11 is 0. The molecule has 7 heteroatoms. The molecule has 1 aromatic heterocycles. The van der Waals surface area contributed by atoms with Crippen LogP contribution in [-0.4, -0.2) is 24.2 Å². The lowest BCUT2D eigenvalue weighted by molar-refractivity contribution is 0.368. The van der Waals surface area contributed by atoms with E-state index in [-0.39, 0.29) is 16.8 Å². The Morgan fingerprint density at radius 3 is 2.71 bits per heavy atom. The van der Waals surface area contributed by atoms with Gasteiger partial charge in [0.15, 0.2) is 5.82 Å². The van der Waals surface area contributed by atoms with E-state index in [4.69, 9.17) is 5.73 Å². The van der Waals surface area contributed by atoms with E-state index in [1.807, 2.05) is 6.92 Å². The van der Waals surface area contributed by atoms with Crippen LogP contribution in [0, 0.1) is 11.8 Å². The number of sulfonamides is 1. The number of nitrogen functional groups attached to an aromatic ring is 1. The van der Waals surface area contributed by atoms with Crippen LogP contribution in [0.4, 0.5) is 5.82 Å². The molecule has 1 saturated carbocycles. The Morgan fingerprint density at radius 1 is 1.43 bits per heavy atom. The second kappa shape index (κ2) is 6.36. The minimum atomic E-state index is -3.59. The molecule has 0 radical (unpaired) electrons. The Morgan fingerprint density at radius 2 is 2.14 bits per heavy atom. The first-order valence-electron chi connectivity index (χ1n) is 7.74. The zero-order chi connectivity index (χ0) is 15.6. The minimum Gasteiger partial charge on any atom is -0.381 e. The molecular formula is C14H26N4O2S. The number of nitrogens with one attached hydrogen (secondary N) is 1. The third-order valence-corrected chi connectivity index (χ3v) is 6.06. The van der Waals surface area contributed by atoms with Crippen molar-refractivity contribution in [2.45, 2.75) is 63.9 Å². The van der Waals surface area contributed by atoms with Gasteiger partial charge in [0.25, 0.3) is 0 Å². The molecular weight excluding hydrogens is 288 g/mol. The van der Waals surface area contributed by atoms with Gasteiger partial charge in [-0.05, 0) is 31.1 Å². The predicted octanol–water partition coefficient (Wildman–Crippen LogP) is 1.98. The van der Waals surface area contributed by atoms with Crippen molar-refractivity contribution in [2.75, 3.05) is 5.73 Å². The number of rotatable bonds is 6. The fraction of sp³-hybridized carbons (Fsp3) is 0.786. The highest BCUT2D eigenvalue weighted by atomic mass is 32.2. The monoisotopic (exact) mass is 314 g/mol. The highest BCUT2D eigenvalue weighted by molar-refractivity contribution is 7.89. The largest absolute Gasteiger partial charge is 0.381 e. The normalized spacial score (nSPS) is 26.3. The Labute approximate surface area is 127 Å². The molecule has 3 unspecified atom stereocenters. The summed E-state index contributed by atoms with van der Waals surface area (Å²) in [4.78, 5) is 0.100. The van der Waals surface area contributed by atoms with Crippen LogP contribution in [0.3, 0.4) is 0 Å². The Balaban J connectivity index is 2.15. The quantitative estimate of drug-likeness (QED) is 0.840. The molecule has 3 atom stereocenters. The van der Waals surface area contributed by atoms with Crippen molar-refractivity contribution in [2.24, 2.45) is 11.8 Å². The van der Waals surface area contributed by atoms with Crippen molar-refractivity contribution in [3.63, 3.8) is 0 Å². The lowest BCUT2D eigenvalue weighted by Crippen LogP contribution is -2.37. The van der Waals surface area contributed by atoms with Gasteiger partial charge in [-0.25, -0.2) is 13.1 Å². The van der Waals surface area contributed by atoms with Crippen LogP contribution in [0.25, 0.3) is 0 Å². The Bertz CT molecular complexity index is 582. The first-order valence-corrected chi connectivity index (χ1v) is 9.22. The van der Waals surface area contributed by atoms with Crippen molar-refractivity contribution in [3.8, 4) is 0 Å². The number of anilines is 1. The third kappa shape index (κ3) is 3.40. The molecule has 0 amide bonds. The summed E-state index contributed by atoms with van der Waals surface area (Å²) in [5, 5.41) is 4.07. The van der Waals surface area contributed by atoms with E-state index in [9.17, 15) is 8.42 Å². The highest BCUT2D eigenvalue weighted by Crippen LogP contribution is 2.34. The van der Waals surface area contributed by atoms with Crippen LogP contribution in [0.15, 0.2) is 11.1 Å². The Hall–Kier alpha value is -1.08. The number of hydrogen-bond acceptors (Lipinski definition) is 4. The maximum atomic E-state index is 12.5. The number of hydrogen-bond donors (Lipinski definition) is 2. The van der Waals surface area contributed by atoms with E-state index < -0.39 is 10.0 Å². The fourth-order valence-electron chi connectivity index (χ4n) is 3.22. The van der Waals surface area contributed by atoms with Crippen molar-refractivity contribution in [3.05, 3.63) is 6.20 Å². The molecule has 0 saturated heterocycles. The summed E-state index contributed by atoms with van der Waals surface area (Å²) in [6.07, 6.45) is 5.47. The summed E-state index contributed by atoms with van der Waals surface area (Å²) in [7, 11) is -3.59. The standard InChI is InChI=1S/C14H26N4O2S/c1-4-8-18-9-13(14(15)16-18)21(19,20)17-12-7-6-11(5-2)10(12)3/h9-12,17H,4-8H2,1-3H3,(H2,15,16). The van der Waals surface area contributed by atoms with Crippen molar-refractivity contribution < 1.29 is 8.42 Å². The van der Waals surface area contributed by atoms with Crippen molar-refractivity contribution in [1.29, 1.82) is 0 Å². The third-order valence-electron chi connectivity index (χ3n) is 4.55. The number of nitrogens with two attached hydrogens (primary N) is 1. The highest BCUT2D eigenvalue weighted by Gasteiger charge is 2.35. The summed E-state index contributed by atoms with van der Waals surface area (Å²) in [6, 6.07) is -0.00567. The Kier molecular flexibility index (Phi) is 4.93. The SMILES string of the molecule is CCCn1cc(S(=O)(=O)NC2CCC(CC)C2C)c(N)n1. The zero-order valence-corrected chi connectivity index (χ0v) is 13.9. The van der Waals surface area contributed by atoms with Crippen LogP contribution in [-0.2, 0) is 16.6 Å². The molecule has 0 aromatic carbocycles.